The van der Waals surface area contributed by atoms with E-state index in [0.717, 1.165) is 45.3 Å². The van der Waals surface area contributed by atoms with E-state index in [9.17, 15) is 13.2 Å². The quantitative estimate of drug-likeness (QED) is 0.516. The molecule has 0 atom stereocenters. The zero-order valence-electron chi connectivity index (χ0n) is 19.2. The van der Waals surface area contributed by atoms with E-state index in [4.69, 9.17) is 5.11 Å². The number of hydrogen-bond donors (Lipinski definition) is 4. The average Bonchev–Trinajstić information content (AvgIpc) is 2.81. The summed E-state index contributed by atoms with van der Waals surface area (Å²) in [4.78, 5) is 24.0. The van der Waals surface area contributed by atoms with Gasteiger partial charge in [-0.15, -0.1) is 0 Å². The van der Waals surface area contributed by atoms with Crippen LogP contribution in [0.15, 0.2) is 30.5 Å². The van der Waals surface area contributed by atoms with E-state index in [0.29, 0.717) is 34.6 Å². The fourth-order valence-corrected chi connectivity index (χ4v) is 5.32. The van der Waals surface area contributed by atoms with Gasteiger partial charge in [0.15, 0.2) is 0 Å². The summed E-state index contributed by atoms with van der Waals surface area (Å²) in [5.41, 5.74) is 1.49. The van der Waals surface area contributed by atoms with E-state index in [1.54, 1.807) is 30.5 Å². The van der Waals surface area contributed by atoms with E-state index in [1.165, 1.54) is 12.8 Å². The topological polar surface area (TPSA) is 137 Å². The largest absolute Gasteiger partial charge is 0.395 e. The van der Waals surface area contributed by atoms with Crippen molar-refractivity contribution in [1.29, 1.82) is 0 Å². The number of amides is 1. The lowest BCUT2D eigenvalue weighted by Crippen LogP contribution is -2.35. The van der Waals surface area contributed by atoms with Crippen LogP contribution in [0.5, 0.6) is 0 Å². The molecule has 1 aromatic heterocycles. The summed E-state index contributed by atoms with van der Waals surface area (Å²) in [6.07, 6.45) is 8.22. The van der Waals surface area contributed by atoms with Crippen molar-refractivity contribution in [3.63, 3.8) is 0 Å². The SMILES string of the molecule is O=C1Nc2ccnc(n2)NCCCCCC2CCN(CC2)c2cc(NS(=O)(=O)CCO)ccc21. The number of fused-ring (bicyclic) bond motifs is 8. The lowest BCUT2D eigenvalue weighted by Gasteiger charge is -2.35. The molecule has 2 aromatic rings. The Balaban J connectivity index is 1.65. The Labute approximate surface area is 200 Å². The lowest BCUT2D eigenvalue weighted by molar-refractivity contribution is 0.102. The van der Waals surface area contributed by atoms with E-state index < -0.39 is 16.6 Å². The second-order valence-corrected chi connectivity index (χ2v) is 10.6. The maximum absolute atomic E-state index is 13.2. The number of hydrogen-bond acceptors (Lipinski definition) is 8. The zero-order chi connectivity index (χ0) is 24.0. The van der Waals surface area contributed by atoms with Crippen LogP contribution in [0.1, 0.15) is 48.9 Å². The smallest absolute Gasteiger partial charge is 0.258 e. The van der Waals surface area contributed by atoms with Gasteiger partial charge in [-0.1, -0.05) is 19.3 Å². The van der Waals surface area contributed by atoms with Crippen molar-refractivity contribution in [2.75, 3.05) is 52.2 Å². The Hall–Kier alpha value is -2.92. The third kappa shape index (κ3) is 6.35. The monoisotopic (exact) mass is 488 g/mol. The van der Waals surface area contributed by atoms with E-state index in [1.807, 2.05) is 0 Å². The summed E-state index contributed by atoms with van der Waals surface area (Å²) >= 11 is 0. The van der Waals surface area contributed by atoms with Gasteiger partial charge >= 0.3 is 0 Å². The van der Waals surface area contributed by atoms with Crippen molar-refractivity contribution >= 4 is 39.1 Å². The van der Waals surface area contributed by atoms with Crippen molar-refractivity contribution in [1.82, 2.24) is 9.97 Å². The number of piperidine rings is 1. The summed E-state index contributed by atoms with van der Waals surface area (Å²) in [6, 6.07) is 6.53. The summed E-state index contributed by atoms with van der Waals surface area (Å²) < 4.78 is 26.8. The first-order valence-electron chi connectivity index (χ1n) is 11.8. The molecule has 1 saturated heterocycles. The number of nitrogens with one attached hydrogen (secondary N) is 3. The van der Waals surface area contributed by atoms with Gasteiger partial charge in [0.1, 0.15) is 5.82 Å². The number of aliphatic hydroxyl groups is 1. The summed E-state index contributed by atoms with van der Waals surface area (Å²) in [6.45, 7) is 1.92. The molecule has 0 radical (unpaired) electrons. The molecule has 3 aliphatic rings. The zero-order valence-corrected chi connectivity index (χ0v) is 20.0. The van der Waals surface area contributed by atoms with Crippen LogP contribution < -0.4 is 20.3 Å². The standard InChI is InChI=1S/C23H32N6O4S/c30-14-15-34(32,33)28-18-5-6-19-20(16-18)29-12-8-17(9-13-29)4-2-1-3-10-24-23-25-11-7-21(27-23)26-22(19)31/h5-7,11,16-17,28,30H,1-4,8-10,12-15H2,(H2,24,25,26,27,31). The third-order valence-corrected chi connectivity index (χ3v) is 7.57. The van der Waals surface area contributed by atoms with E-state index in [-0.39, 0.29) is 11.7 Å². The number of nitrogens with zero attached hydrogens (tertiary/aromatic N) is 3. The summed E-state index contributed by atoms with van der Waals surface area (Å²) in [5, 5.41) is 15.1. The van der Waals surface area contributed by atoms with Crippen LogP contribution in [-0.2, 0) is 10.0 Å². The first kappa shape index (κ1) is 24.2. The molecule has 5 rings (SSSR count). The number of aliphatic hydroxyl groups excluding tert-OH is 1. The average molecular weight is 489 g/mol. The van der Waals surface area contributed by atoms with Crippen LogP contribution in [0.2, 0.25) is 0 Å². The minimum atomic E-state index is -3.68. The van der Waals surface area contributed by atoms with Crippen molar-refractivity contribution in [2.24, 2.45) is 5.92 Å². The van der Waals surface area contributed by atoms with Gasteiger partial charge in [-0.25, -0.2) is 13.4 Å². The van der Waals surface area contributed by atoms with Gasteiger partial charge in [-0.3, -0.25) is 9.52 Å². The fraction of sp³-hybridized carbons (Fsp3) is 0.522. The predicted molar refractivity (Wildman–Crippen MR) is 133 cm³/mol. The fourth-order valence-electron chi connectivity index (χ4n) is 4.49. The molecule has 4 heterocycles. The van der Waals surface area contributed by atoms with Crippen molar-refractivity contribution in [3.05, 3.63) is 36.0 Å². The molecule has 4 bridgehead atoms. The molecular formula is C23H32N6O4S. The molecule has 0 spiro atoms. The third-order valence-electron chi connectivity index (χ3n) is 6.30. The van der Waals surface area contributed by atoms with Gasteiger partial charge in [-0.2, -0.15) is 4.98 Å². The van der Waals surface area contributed by atoms with Crippen molar-refractivity contribution < 1.29 is 18.3 Å². The Kier molecular flexibility index (Phi) is 7.84. The minimum Gasteiger partial charge on any atom is -0.395 e. The second-order valence-electron chi connectivity index (χ2n) is 8.80. The van der Waals surface area contributed by atoms with Gasteiger partial charge in [0, 0.05) is 25.8 Å². The van der Waals surface area contributed by atoms with Crippen LogP contribution in [0.25, 0.3) is 0 Å². The molecule has 3 aliphatic heterocycles. The number of sulfonamides is 1. The van der Waals surface area contributed by atoms with Gasteiger partial charge < -0.3 is 20.6 Å². The Bertz CT molecular complexity index is 1100. The van der Waals surface area contributed by atoms with Crippen LogP contribution in [0.4, 0.5) is 23.1 Å². The molecule has 1 fully saturated rings. The first-order chi connectivity index (χ1) is 16.4. The Morgan fingerprint density at radius 2 is 1.94 bits per heavy atom. The minimum absolute atomic E-state index is 0.323. The molecule has 0 saturated carbocycles. The molecule has 1 amide bonds. The molecule has 1 aromatic carbocycles. The number of benzene rings is 1. The van der Waals surface area contributed by atoms with Crippen molar-refractivity contribution in [3.8, 4) is 0 Å². The Morgan fingerprint density at radius 3 is 2.74 bits per heavy atom. The van der Waals surface area contributed by atoms with Crippen molar-refractivity contribution in [2.45, 2.75) is 38.5 Å². The van der Waals surface area contributed by atoms with Gasteiger partial charge in [-0.05, 0) is 49.4 Å². The van der Waals surface area contributed by atoms with Gasteiger partial charge in [0.25, 0.3) is 5.91 Å². The number of aromatic nitrogens is 2. The van der Waals surface area contributed by atoms with Gasteiger partial charge in [0.2, 0.25) is 16.0 Å². The highest BCUT2D eigenvalue weighted by Crippen LogP contribution is 2.32. The molecule has 4 N–H and O–H groups in total. The van der Waals surface area contributed by atoms with Crippen LogP contribution >= 0.6 is 0 Å². The number of rotatable bonds is 4. The van der Waals surface area contributed by atoms with Crippen LogP contribution in [0, 0.1) is 5.92 Å². The van der Waals surface area contributed by atoms with Crippen LogP contribution in [-0.4, -0.2) is 61.4 Å². The summed E-state index contributed by atoms with van der Waals surface area (Å²) in [7, 11) is -3.68. The molecule has 10 nitrogen and oxygen atoms in total. The molecule has 0 unspecified atom stereocenters. The van der Waals surface area contributed by atoms with Gasteiger partial charge in [0.05, 0.1) is 29.3 Å². The Morgan fingerprint density at radius 1 is 1.12 bits per heavy atom. The number of carbonyl (C=O) groups is 1. The number of carbonyl (C=O) groups excluding carboxylic acids is 1. The maximum atomic E-state index is 13.2. The maximum Gasteiger partial charge on any atom is 0.258 e. The first-order valence-corrected chi connectivity index (χ1v) is 13.5. The normalized spacial score (nSPS) is 17.9. The predicted octanol–water partition coefficient (Wildman–Crippen LogP) is 2.67. The molecule has 11 heteroatoms. The lowest BCUT2D eigenvalue weighted by atomic mass is 9.90. The number of anilines is 4. The molecule has 34 heavy (non-hydrogen) atoms. The highest BCUT2D eigenvalue weighted by molar-refractivity contribution is 7.92. The van der Waals surface area contributed by atoms with E-state index >= 15 is 0 Å². The van der Waals surface area contributed by atoms with E-state index in [2.05, 4.69) is 30.2 Å². The summed E-state index contributed by atoms with van der Waals surface area (Å²) in [5.74, 6) is 0.807. The highest BCUT2D eigenvalue weighted by atomic mass is 32.2. The van der Waals surface area contributed by atoms with Crippen LogP contribution in [0.3, 0.4) is 0 Å². The highest BCUT2D eigenvalue weighted by Gasteiger charge is 2.24. The molecule has 0 aliphatic carbocycles. The molecule has 184 valence electrons. The second kappa shape index (κ2) is 11.0. The molecular weight excluding hydrogens is 456 g/mol.